The number of amides is 1. The molecule has 0 radical (unpaired) electrons. The number of nitrogens with zero attached hydrogens (tertiary/aromatic N) is 2. The zero-order chi connectivity index (χ0) is 17.5. The van der Waals surface area contributed by atoms with Gasteiger partial charge < -0.3 is 20.2 Å². The number of hydrogen-bond acceptors (Lipinski definition) is 4. The van der Waals surface area contributed by atoms with E-state index in [4.69, 9.17) is 0 Å². The van der Waals surface area contributed by atoms with Crippen LogP contribution in [0.2, 0.25) is 0 Å². The molecule has 0 bridgehead atoms. The largest absolute Gasteiger partial charge is 0.393 e. The van der Waals surface area contributed by atoms with Crippen LogP contribution in [0.25, 0.3) is 0 Å². The highest BCUT2D eigenvalue weighted by molar-refractivity contribution is 5.94. The minimum absolute atomic E-state index is 0.0465. The standard InChI is InChI=1S/C19H31N3O2/c1-4-21-9-11-22(12-10-21)18-7-5-17(6-8-18)19(24)20-14-15(2)13-16(3)23/h5-8,15-16,23H,4,9-14H2,1-3H3,(H,20,24). The van der Waals surface area contributed by atoms with Gasteiger partial charge in [-0.25, -0.2) is 0 Å². The Kier molecular flexibility index (Phi) is 7.06. The predicted molar refractivity (Wildman–Crippen MR) is 98.6 cm³/mol. The number of piperazine rings is 1. The first-order valence-electron chi connectivity index (χ1n) is 9.03. The molecule has 1 heterocycles. The molecule has 5 heteroatoms. The Hall–Kier alpha value is -1.59. The molecule has 2 atom stereocenters. The van der Waals surface area contributed by atoms with Crippen molar-refractivity contribution in [2.75, 3.05) is 44.2 Å². The number of carbonyl (C=O) groups is 1. The second-order valence-electron chi connectivity index (χ2n) is 6.87. The first kappa shape index (κ1) is 18.7. The number of aliphatic hydroxyl groups excluding tert-OH is 1. The SMILES string of the molecule is CCN1CCN(c2ccc(C(=O)NCC(C)CC(C)O)cc2)CC1. The van der Waals surface area contributed by atoms with Crippen molar-refractivity contribution in [3.8, 4) is 0 Å². The van der Waals surface area contributed by atoms with Gasteiger partial charge in [0.1, 0.15) is 0 Å². The van der Waals surface area contributed by atoms with Crippen molar-refractivity contribution >= 4 is 11.6 Å². The third kappa shape index (κ3) is 5.49. The van der Waals surface area contributed by atoms with Crippen LogP contribution in [0.5, 0.6) is 0 Å². The number of likely N-dealkylation sites (N-methyl/N-ethyl adjacent to an activating group) is 1. The molecule has 0 aromatic heterocycles. The maximum atomic E-state index is 12.2. The van der Waals surface area contributed by atoms with Crippen LogP contribution in [-0.2, 0) is 0 Å². The highest BCUT2D eigenvalue weighted by Crippen LogP contribution is 2.17. The highest BCUT2D eigenvalue weighted by atomic mass is 16.3. The van der Waals surface area contributed by atoms with E-state index in [0.717, 1.165) is 32.7 Å². The van der Waals surface area contributed by atoms with E-state index in [1.807, 2.05) is 31.2 Å². The summed E-state index contributed by atoms with van der Waals surface area (Å²) in [6.45, 7) is 12.0. The topological polar surface area (TPSA) is 55.8 Å². The van der Waals surface area contributed by atoms with Crippen molar-refractivity contribution in [3.05, 3.63) is 29.8 Å². The van der Waals surface area contributed by atoms with Crippen LogP contribution in [0, 0.1) is 5.92 Å². The number of benzene rings is 1. The second kappa shape index (κ2) is 9.04. The lowest BCUT2D eigenvalue weighted by Gasteiger charge is -2.35. The van der Waals surface area contributed by atoms with Gasteiger partial charge in [0.2, 0.25) is 0 Å². The Morgan fingerprint density at radius 3 is 2.33 bits per heavy atom. The summed E-state index contributed by atoms with van der Waals surface area (Å²) in [6.07, 6.45) is 0.368. The van der Waals surface area contributed by atoms with Gasteiger partial charge in [0.05, 0.1) is 6.10 Å². The van der Waals surface area contributed by atoms with E-state index in [1.54, 1.807) is 6.92 Å². The van der Waals surface area contributed by atoms with E-state index >= 15 is 0 Å². The summed E-state index contributed by atoms with van der Waals surface area (Å²) >= 11 is 0. The molecule has 0 spiro atoms. The lowest BCUT2D eigenvalue weighted by atomic mass is 10.0. The monoisotopic (exact) mass is 333 g/mol. The van der Waals surface area contributed by atoms with Gasteiger partial charge >= 0.3 is 0 Å². The summed E-state index contributed by atoms with van der Waals surface area (Å²) in [5.41, 5.74) is 1.87. The average Bonchev–Trinajstić information content (AvgIpc) is 2.59. The smallest absolute Gasteiger partial charge is 0.251 e. The molecule has 0 aliphatic carbocycles. The normalized spacial score (nSPS) is 18.2. The number of hydrogen-bond donors (Lipinski definition) is 2. The molecule has 2 unspecified atom stereocenters. The third-order valence-corrected chi connectivity index (χ3v) is 4.67. The highest BCUT2D eigenvalue weighted by Gasteiger charge is 2.16. The van der Waals surface area contributed by atoms with Crippen molar-refractivity contribution in [2.45, 2.75) is 33.3 Å². The van der Waals surface area contributed by atoms with Crippen LogP contribution >= 0.6 is 0 Å². The van der Waals surface area contributed by atoms with Gasteiger partial charge in [0.25, 0.3) is 5.91 Å². The van der Waals surface area contributed by atoms with Gasteiger partial charge in [-0.2, -0.15) is 0 Å². The lowest BCUT2D eigenvalue weighted by Crippen LogP contribution is -2.46. The first-order chi connectivity index (χ1) is 11.5. The van der Waals surface area contributed by atoms with E-state index in [-0.39, 0.29) is 17.9 Å². The van der Waals surface area contributed by atoms with E-state index in [9.17, 15) is 9.90 Å². The minimum Gasteiger partial charge on any atom is -0.393 e. The predicted octanol–water partition coefficient (Wildman–Crippen LogP) is 1.97. The summed E-state index contributed by atoms with van der Waals surface area (Å²) in [5.74, 6) is 0.220. The fraction of sp³-hybridized carbons (Fsp3) is 0.632. The first-order valence-corrected chi connectivity index (χ1v) is 9.03. The van der Waals surface area contributed by atoms with Crippen molar-refractivity contribution in [1.29, 1.82) is 0 Å². The maximum Gasteiger partial charge on any atom is 0.251 e. The molecule has 1 fully saturated rings. The number of aliphatic hydroxyl groups is 1. The summed E-state index contributed by atoms with van der Waals surface area (Å²) in [4.78, 5) is 17.0. The zero-order valence-electron chi connectivity index (χ0n) is 15.2. The van der Waals surface area contributed by atoms with Crippen LogP contribution in [0.4, 0.5) is 5.69 Å². The molecule has 0 saturated carbocycles. The van der Waals surface area contributed by atoms with Gasteiger partial charge in [-0.05, 0) is 50.1 Å². The van der Waals surface area contributed by atoms with E-state index < -0.39 is 0 Å². The Labute approximate surface area is 145 Å². The van der Waals surface area contributed by atoms with Crippen molar-refractivity contribution in [3.63, 3.8) is 0 Å². The number of carbonyl (C=O) groups excluding carboxylic acids is 1. The molecule has 24 heavy (non-hydrogen) atoms. The van der Waals surface area contributed by atoms with Crippen molar-refractivity contribution in [1.82, 2.24) is 10.2 Å². The fourth-order valence-electron chi connectivity index (χ4n) is 3.18. The molecule has 1 aliphatic rings. The summed E-state index contributed by atoms with van der Waals surface area (Å²) in [5, 5.41) is 12.3. The molecule has 1 aliphatic heterocycles. The van der Waals surface area contributed by atoms with E-state index in [1.165, 1.54) is 5.69 Å². The molecular weight excluding hydrogens is 302 g/mol. The number of anilines is 1. The lowest BCUT2D eigenvalue weighted by molar-refractivity contribution is 0.0939. The van der Waals surface area contributed by atoms with Gasteiger partial charge in [-0.3, -0.25) is 4.79 Å². The zero-order valence-corrected chi connectivity index (χ0v) is 15.2. The van der Waals surface area contributed by atoms with Crippen LogP contribution in [-0.4, -0.2) is 61.3 Å². The Balaban J connectivity index is 1.84. The van der Waals surface area contributed by atoms with E-state index in [2.05, 4.69) is 22.0 Å². The molecule has 134 valence electrons. The molecule has 1 aromatic rings. The summed E-state index contributed by atoms with van der Waals surface area (Å²) in [6, 6.07) is 7.87. The average molecular weight is 333 g/mol. The summed E-state index contributed by atoms with van der Waals surface area (Å²) in [7, 11) is 0. The molecule has 1 amide bonds. The van der Waals surface area contributed by atoms with Crippen LogP contribution in [0.15, 0.2) is 24.3 Å². The second-order valence-corrected chi connectivity index (χ2v) is 6.87. The molecule has 2 rings (SSSR count). The maximum absolute atomic E-state index is 12.2. The molecular formula is C19H31N3O2. The van der Waals surface area contributed by atoms with Crippen molar-refractivity contribution < 1.29 is 9.90 Å². The van der Waals surface area contributed by atoms with Crippen LogP contribution in [0.1, 0.15) is 37.6 Å². The number of nitrogens with one attached hydrogen (secondary N) is 1. The van der Waals surface area contributed by atoms with Crippen molar-refractivity contribution in [2.24, 2.45) is 5.92 Å². The molecule has 1 saturated heterocycles. The number of rotatable bonds is 7. The minimum atomic E-state index is -0.329. The van der Waals surface area contributed by atoms with Gasteiger partial charge in [-0.1, -0.05) is 13.8 Å². The Morgan fingerprint density at radius 1 is 1.17 bits per heavy atom. The Bertz CT molecular complexity index is 508. The molecule has 1 aromatic carbocycles. The van der Waals surface area contributed by atoms with Crippen LogP contribution < -0.4 is 10.2 Å². The van der Waals surface area contributed by atoms with Gasteiger partial charge in [-0.15, -0.1) is 0 Å². The Morgan fingerprint density at radius 2 is 1.79 bits per heavy atom. The van der Waals surface area contributed by atoms with Gasteiger partial charge in [0.15, 0.2) is 0 Å². The molecule has 2 N–H and O–H groups in total. The summed E-state index contributed by atoms with van der Waals surface area (Å²) < 4.78 is 0. The molecule has 5 nitrogen and oxygen atoms in total. The fourth-order valence-corrected chi connectivity index (χ4v) is 3.18. The third-order valence-electron chi connectivity index (χ3n) is 4.67. The van der Waals surface area contributed by atoms with E-state index in [0.29, 0.717) is 18.5 Å². The van der Waals surface area contributed by atoms with Crippen LogP contribution in [0.3, 0.4) is 0 Å². The van der Waals surface area contributed by atoms with Gasteiger partial charge in [0, 0.05) is 44.0 Å². The quantitative estimate of drug-likeness (QED) is 0.801.